The summed E-state index contributed by atoms with van der Waals surface area (Å²) in [5.74, 6) is -0.534. The minimum Gasteiger partial charge on any atom is -0.489 e. The number of carbonyl (C=O) groups excluding carboxylic acids is 2. The third-order valence-electron chi connectivity index (χ3n) is 3.60. The number of anilines is 1. The van der Waals surface area contributed by atoms with Gasteiger partial charge in [-0.2, -0.15) is 0 Å². The van der Waals surface area contributed by atoms with E-state index in [0.717, 1.165) is 5.56 Å². The van der Waals surface area contributed by atoms with Gasteiger partial charge < -0.3 is 10.5 Å². The average Bonchev–Trinajstić information content (AvgIpc) is 2.72. The Kier molecular flexibility index (Phi) is 5.58. The van der Waals surface area contributed by atoms with Crippen molar-refractivity contribution >= 4 is 17.6 Å². The largest absolute Gasteiger partial charge is 0.489 e. The second-order valence-corrected chi connectivity index (χ2v) is 5.50. The van der Waals surface area contributed by atoms with Gasteiger partial charge in [-0.15, -0.1) is 0 Å². The van der Waals surface area contributed by atoms with Crippen molar-refractivity contribution in [2.24, 2.45) is 0 Å². The standard InChI is InChI=1S/C19H17N5O3/c20-17-16(21-10-11-22-17)19(26)24-23-18(25)14-6-8-15(9-7-14)27-12-13-4-2-1-3-5-13/h1-11H,12H2,(H2,20,22)(H,23,25)(H,24,26). The molecular formula is C19H17N5O3. The number of ether oxygens (including phenoxy) is 1. The van der Waals surface area contributed by atoms with Gasteiger partial charge in [-0.1, -0.05) is 30.3 Å². The fourth-order valence-corrected chi connectivity index (χ4v) is 2.21. The van der Waals surface area contributed by atoms with Gasteiger partial charge in [-0.25, -0.2) is 9.97 Å². The zero-order valence-electron chi connectivity index (χ0n) is 14.3. The second kappa shape index (κ2) is 8.43. The summed E-state index contributed by atoms with van der Waals surface area (Å²) < 4.78 is 5.67. The Hall–Kier alpha value is -3.94. The zero-order chi connectivity index (χ0) is 19.1. The topological polar surface area (TPSA) is 119 Å². The molecule has 8 heteroatoms. The van der Waals surface area contributed by atoms with Crippen LogP contribution in [0.3, 0.4) is 0 Å². The molecule has 0 aliphatic heterocycles. The maximum atomic E-state index is 12.1. The van der Waals surface area contributed by atoms with Gasteiger partial charge in [-0.3, -0.25) is 20.4 Å². The first-order valence-electron chi connectivity index (χ1n) is 8.07. The lowest BCUT2D eigenvalue weighted by molar-refractivity contribution is 0.0844. The number of hydrogen-bond acceptors (Lipinski definition) is 6. The van der Waals surface area contributed by atoms with Crippen LogP contribution in [-0.4, -0.2) is 21.8 Å². The van der Waals surface area contributed by atoms with Gasteiger partial charge in [0.1, 0.15) is 12.4 Å². The van der Waals surface area contributed by atoms with Crippen LogP contribution in [0.5, 0.6) is 5.75 Å². The summed E-state index contributed by atoms with van der Waals surface area (Å²) in [6, 6.07) is 16.3. The quantitative estimate of drug-likeness (QED) is 0.594. The molecule has 136 valence electrons. The molecule has 2 amide bonds. The van der Waals surface area contributed by atoms with Gasteiger partial charge in [0.15, 0.2) is 11.5 Å². The van der Waals surface area contributed by atoms with Crippen LogP contribution in [0.25, 0.3) is 0 Å². The molecule has 3 aromatic rings. The SMILES string of the molecule is Nc1nccnc1C(=O)NNC(=O)c1ccc(OCc2ccccc2)cc1. The minimum atomic E-state index is -0.656. The van der Waals surface area contributed by atoms with E-state index in [1.165, 1.54) is 12.4 Å². The number of carbonyl (C=O) groups is 2. The Morgan fingerprint density at radius 2 is 1.56 bits per heavy atom. The summed E-state index contributed by atoms with van der Waals surface area (Å²) in [4.78, 5) is 31.6. The lowest BCUT2D eigenvalue weighted by Crippen LogP contribution is -2.42. The molecule has 0 saturated carbocycles. The number of hydrazine groups is 1. The Morgan fingerprint density at radius 3 is 2.26 bits per heavy atom. The molecule has 0 aliphatic rings. The molecule has 1 aromatic heterocycles. The molecule has 27 heavy (non-hydrogen) atoms. The van der Waals surface area contributed by atoms with Gasteiger partial charge in [0.2, 0.25) is 0 Å². The molecule has 4 N–H and O–H groups in total. The maximum Gasteiger partial charge on any atom is 0.292 e. The molecule has 0 radical (unpaired) electrons. The number of rotatable bonds is 5. The number of nitrogen functional groups attached to an aromatic ring is 1. The minimum absolute atomic E-state index is 0.0239. The number of nitrogens with two attached hydrogens (primary N) is 1. The van der Waals surface area contributed by atoms with Crippen LogP contribution in [0, 0.1) is 0 Å². The van der Waals surface area contributed by atoms with E-state index in [4.69, 9.17) is 10.5 Å². The van der Waals surface area contributed by atoms with E-state index in [2.05, 4.69) is 20.8 Å². The smallest absolute Gasteiger partial charge is 0.292 e. The third kappa shape index (κ3) is 4.79. The molecule has 1 heterocycles. The summed E-state index contributed by atoms with van der Waals surface area (Å²) in [6.07, 6.45) is 2.70. The van der Waals surface area contributed by atoms with Gasteiger partial charge in [-0.05, 0) is 29.8 Å². The zero-order valence-corrected chi connectivity index (χ0v) is 14.3. The van der Waals surface area contributed by atoms with Crippen molar-refractivity contribution in [2.45, 2.75) is 6.61 Å². The van der Waals surface area contributed by atoms with Crippen molar-refractivity contribution in [1.29, 1.82) is 0 Å². The maximum absolute atomic E-state index is 12.1. The molecule has 2 aromatic carbocycles. The van der Waals surface area contributed by atoms with Crippen LogP contribution in [0.4, 0.5) is 5.82 Å². The Balaban J connectivity index is 1.53. The van der Waals surface area contributed by atoms with E-state index in [9.17, 15) is 9.59 Å². The van der Waals surface area contributed by atoms with Crippen LogP contribution < -0.4 is 21.3 Å². The van der Waals surface area contributed by atoms with E-state index < -0.39 is 11.8 Å². The normalized spacial score (nSPS) is 10.1. The van der Waals surface area contributed by atoms with Crippen molar-refractivity contribution in [1.82, 2.24) is 20.8 Å². The van der Waals surface area contributed by atoms with Crippen LogP contribution in [0.15, 0.2) is 67.0 Å². The van der Waals surface area contributed by atoms with Crippen LogP contribution >= 0.6 is 0 Å². The van der Waals surface area contributed by atoms with E-state index in [0.29, 0.717) is 17.9 Å². The Bertz CT molecular complexity index is 930. The van der Waals surface area contributed by atoms with E-state index in [1.807, 2.05) is 30.3 Å². The first kappa shape index (κ1) is 17.9. The summed E-state index contributed by atoms with van der Waals surface area (Å²) in [5, 5.41) is 0. The predicted molar refractivity (Wildman–Crippen MR) is 98.6 cm³/mol. The molecule has 3 rings (SSSR count). The number of benzene rings is 2. The highest BCUT2D eigenvalue weighted by Gasteiger charge is 2.13. The number of nitrogens with one attached hydrogen (secondary N) is 2. The first-order valence-corrected chi connectivity index (χ1v) is 8.07. The van der Waals surface area contributed by atoms with Gasteiger partial charge in [0.25, 0.3) is 11.8 Å². The van der Waals surface area contributed by atoms with Crippen molar-refractivity contribution in [2.75, 3.05) is 5.73 Å². The lowest BCUT2D eigenvalue weighted by Gasteiger charge is -2.09. The van der Waals surface area contributed by atoms with E-state index >= 15 is 0 Å². The molecule has 0 aliphatic carbocycles. The molecule has 0 unspecified atom stereocenters. The van der Waals surface area contributed by atoms with Crippen molar-refractivity contribution < 1.29 is 14.3 Å². The van der Waals surface area contributed by atoms with Crippen molar-refractivity contribution in [3.63, 3.8) is 0 Å². The van der Waals surface area contributed by atoms with Crippen LogP contribution in [0.2, 0.25) is 0 Å². The molecule has 0 atom stereocenters. The first-order chi connectivity index (χ1) is 13.1. The second-order valence-electron chi connectivity index (χ2n) is 5.50. The predicted octanol–water partition coefficient (Wildman–Crippen LogP) is 1.71. The van der Waals surface area contributed by atoms with E-state index in [1.54, 1.807) is 24.3 Å². The fourth-order valence-electron chi connectivity index (χ4n) is 2.21. The number of amides is 2. The number of nitrogens with zero attached hydrogens (tertiary/aromatic N) is 2. The third-order valence-corrected chi connectivity index (χ3v) is 3.60. The number of hydrogen-bond donors (Lipinski definition) is 3. The van der Waals surface area contributed by atoms with Crippen molar-refractivity contribution in [3.05, 3.63) is 83.8 Å². The highest BCUT2D eigenvalue weighted by Crippen LogP contribution is 2.14. The Labute approximate surface area is 155 Å². The van der Waals surface area contributed by atoms with Gasteiger partial charge >= 0.3 is 0 Å². The molecule has 0 fully saturated rings. The summed E-state index contributed by atoms with van der Waals surface area (Å²) >= 11 is 0. The fraction of sp³-hybridized carbons (Fsp3) is 0.0526. The molecule has 0 saturated heterocycles. The van der Waals surface area contributed by atoms with Gasteiger partial charge in [0, 0.05) is 18.0 Å². The summed E-state index contributed by atoms with van der Waals surface area (Å²) in [7, 11) is 0. The molecule has 8 nitrogen and oxygen atoms in total. The summed E-state index contributed by atoms with van der Waals surface area (Å²) in [5.41, 5.74) is 11.4. The van der Waals surface area contributed by atoms with E-state index in [-0.39, 0.29) is 11.5 Å². The highest BCUT2D eigenvalue weighted by atomic mass is 16.5. The number of aromatic nitrogens is 2. The van der Waals surface area contributed by atoms with Crippen molar-refractivity contribution in [3.8, 4) is 5.75 Å². The highest BCUT2D eigenvalue weighted by molar-refractivity contribution is 6.00. The monoisotopic (exact) mass is 363 g/mol. The summed E-state index contributed by atoms with van der Waals surface area (Å²) in [6.45, 7) is 0.433. The molecular weight excluding hydrogens is 346 g/mol. The van der Waals surface area contributed by atoms with Gasteiger partial charge in [0.05, 0.1) is 0 Å². The molecule has 0 bridgehead atoms. The molecule has 0 spiro atoms. The Morgan fingerprint density at radius 1 is 0.889 bits per heavy atom. The van der Waals surface area contributed by atoms with Crippen LogP contribution in [0.1, 0.15) is 26.4 Å². The van der Waals surface area contributed by atoms with Crippen LogP contribution in [-0.2, 0) is 6.61 Å². The average molecular weight is 363 g/mol. The lowest BCUT2D eigenvalue weighted by atomic mass is 10.2.